The van der Waals surface area contributed by atoms with Crippen LogP contribution in [-0.2, 0) is 65.4 Å². The molecule has 0 fully saturated rings. The maximum Gasteiger partial charge on any atom is 0.472 e. The van der Waals surface area contributed by atoms with E-state index in [1.165, 1.54) is 44.9 Å². The molecule has 0 aromatic heterocycles. The van der Waals surface area contributed by atoms with E-state index >= 15 is 0 Å². The summed E-state index contributed by atoms with van der Waals surface area (Å²) in [5, 5.41) is 10.4. The number of ether oxygens (including phenoxy) is 4. The second-order valence-corrected chi connectivity index (χ2v) is 20.4. The first-order valence-corrected chi connectivity index (χ1v) is 28.8. The highest BCUT2D eigenvalue weighted by Crippen LogP contribution is 2.45. The standard InChI is InChI=1S/C48H92O17P2/c1-5-9-13-17-20-22-24-26-30-33-46(51)59-38-43(64-47(52)34-28-16-12-8-4)40-62-66(54,55)60-36-42(49)37-61-67(56,57)63-41-44(39-58-45(50)32-29-25-19-15-11-7-3)65-48(53)35-31-27-23-21-18-14-10-6-2/h42-44,49H,5-41H2,1-4H3,(H,54,55)(H,56,57)/t42-,43-,44-/m1/s1. The molecule has 19 heteroatoms. The first-order valence-electron chi connectivity index (χ1n) is 25.8. The van der Waals surface area contributed by atoms with Crippen LogP contribution in [0.2, 0.25) is 0 Å². The minimum absolute atomic E-state index is 0.0960. The molecule has 0 aromatic rings. The summed E-state index contributed by atoms with van der Waals surface area (Å²) in [6, 6.07) is 0. The largest absolute Gasteiger partial charge is 0.472 e. The first-order chi connectivity index (χ1) is 32.2. The number of hydrogen-bond donors (Lipinski definition) is 3. The van der Waals surface area contributed by atoms with Crippen molar-refractivity contribution in [2.45, 2.75) is 245 Å². The molecule has 0 rings (SSSR count). The van der Waals surface area contributed by atoms with Crippen LogP contribution in [0, 0.1) is 0 Å². The van der Waals surface area contributed by atoms with Gasteiger partial charge in [-0.05, 0) is 25.7 Å². The number of unbranched alkanes of at least 4 members (excludes halogenated alkanes) is 23. The van der Waals surface area contributed by atoms with Gasteiger partial charge in [0.1, 0.15) is 19.3 Å². The normalized spacial score (nSPS) is 14.7. The average molecular weight is 1000 g/mol. The minimum atomic E-state index is -4.91. The molecule has 17 nitrogen and oxygen atoms in total. The van der Waals surface area contributed by atoms with Gasteiger partial charge in [-0.25, -0.2) is 9.13 Å². The van der Waals surface area contributed by atoms with Gasteiger partial charge in [-0.3, -0.25) is 37.3 Å². The lowest BCUT2D eigenvalue weighted by Gasteiger charge is -2.21. The molecule has 2 unspecified atom stereocenters. The minimum Gasteiger partial charge on any atom is -0.462 e. The van der Waals surface area contributed by atoms with Gasteiger partial charge in [-0.1, -0.05) is 175 Å². The van der Waals surface area contributed by atoms with Gasteiger partial charge in [0.25, 0.3) is 0 Å². The Hall–Kier alpha value is -1.94. The molecule has 0 radical (unpaired) electrons. The third-order valence-corrected chi connectivity index (χ3v) is 12.8. The number of phosphoric acid groups is 2. The van der Waals surface area contributed by atoms with Gasteiger partial charge < -0.3 is 33.8 Å². The van der Waals surface area contributed by atoms with Gasteiger partial charge in [0.15, 0.2) is 12.2 Å². The van der Waals surface area contributed by atoms with E-state index in [0.29, 0.717) is 25.7 Å². The van der Waals surface area contributed by atoms with Gasteiger partial charge in [-0.2, -0.15) is 0 Å². The Morgan fingerprint density at radius 1 is 0.358 bits per heavy atom. The average Bonchev–Trinajstić information content (AvgIpc) is 3.29. The summed E-state index contributed by atoms with van der Waals surface area (Å²) in [5.41, 5.74) is 0. The van der Waals surface area contributed by atoms with Crippen molar-refractivity contribution in [3.8, 4) is 0 Å². The summed E-state index contributed by atoms with van der Waals surface area (Å²) in [7, 11) is -9.83. The highest BCUT2D eigenvalue weighted by molar-refractivity contribution is 7.47. The first kappa shape index (κ1) is 65.1. The lowest BCUT2D eigenvalue weighted by molar-refractivity contribution is -0.161. The lowest BCUT2D eigenvalue weighted by atomic mass is 10.1. The van der Waals surface area contributed by atoms with Crippen LogP contribution < -0.4 is 0 Å². The van der Waals surface area contributed by atoms with E-state index in [2.05, 4.69) is 20.8 Å². The Morgan fingerprint density at radius 3 is 0.896 bits per heavy atom. The number of carbonyl (C=O) groups excluding carboxylic acids is 4. The fourth-order valence-electron chi connectivity index (χ4n) is 6.80. The Morgan fingerprint density at radius 2 is 0.597 bits per heavy atom. The summed E-state index contributed by atoms with van der Waals surface area (Å²) in [4.78, 5) is 70.8. The molecule has 5 atom stereocenters. The van der Waals surface area contributed by atoms with Crippen molar-refractivity contribution in [1.29, 1.82) is 0 Å². The van der Waals surface area contributed by atoms with Crippen molar-refractivity contribution in [2.75, 3.05) is 39.6 Å². The summed E-state index contributed by atoms with van der Waals surface area (Å²) in [6.45, 7) is 4.53. The Labute approximate surface area is 403 Å². The molecule has 0 aliphatic rings. The highest BCUT2D eigenvalue weighted by atomic mass is 31.2. The molecule has 0 aliphatic carbocycles. The molecule has 3 N–H and O–H groups in total. The van der Waals surface area contributed by atoms with Gasteiger partial charge in [-0.15, -0.1) is 0 Å². The second-order valence-electron chi connectivity index (χ2n) is 17.5. The fraction of sp³-hybridized carbons (Fsp3) is 0.917. The third kappa shape index (κ3) is 43.8. The van der Waals surface area contributed by atoms with Gasteiger partial charge >= 0.3 is 39.5 Å². The molecule has 0 aliphatic heterocycles. The second kappa shape index (κ2) is 44.0. The van der Waals surface area contributed by atoms with Crippen LogP contribution in [0.15, 0.2) is 0 Å². The number of carbonyl (C=O) groups is 4. The summed E-state index contributed by atoms with van der Waals surface area (Å²) in [5.74, 6) is -2.18. The van der Waals surface area contributed by atoms with Crippen molar-refractivity contribution in [3.63, 3.8) is 0 Å². The SMILES string of the molecule is CCCCCCCCCCCC(=O)OC[C@H](COP(=O)(O)OC[C@@H](O)COP(=O)(O)OC[C@@H](COC(=O)CCCCCCCC)OC(=O)CCCCCCCCCC)OC(=O)CCCCCC. The molecule has 0 amide bonds. The molecule has 0 spiro atoms. The Balaban J connectivity index is 5.10. The number of aliphatic hydroxyl groups is 1. The smallest absolute Gasteiger partial charge is 0.462 e. The molecule has 0 saturated carbocycles. The molecule has 396 valence electrons. The zero-order valence-corrected chi connectivity index (χ0v) is 43.6. The van der Waals surface area contributed by atoms with Crippen molar-refractivity contribution in [3.05, 3.63) is 0 Å². The molecule has 0 bridgehead atoms. The molecular formula is C48H92O17P2. The van der Waals surface area contributed by atoms with Crippen LogP contribution in [0.3, 0.4) is 0 Å². The predicted octanol–water partition coefficient (Wildman–Crippen LogP) is 11.7. The summed E-state index contributed by atoms with van der Waals surface area (Å²) < 4.78 is 66.7. The van der Waals surface area contributed by atoms with E-state index in [1.807, 2.05) is 6.92 Å². The molecule has 67 heavy (non-hydrogen) atoms. The number of esters is 4. The number of phosphoric ester groups is 2. The zero-order chi connectivity index (χ0) is 49.9. The van der Waals surface area contributed by atoms with Crippen LogP contribution in [0.25, 0.3) is 0 Å². The van der Waals surface area contributed by atoms with E-state index in [9.17, 15) is 43.2 Å². The number of rotatable bonds is 49. The van der Waals surface area contributed by atoms with Crippen molar-refractivity contribution in [1.82, 2.24) is 0 Å². The van der Waals surface area contributed by atoms with E-state index in [4.69, 9.17) is 37.0 Å². The molecular weight excluding hydrogens is 910 g/mol. The van der Waals surface area contributed by atoms with E-state index in [-0.39, 0.29) is 25.7 Å². The van der Waals surface area contributed by atoms with E-state index in [0.717, 1.165) is 103 Å². The van der Waals surface area contributed by atoms with Crippen LogP contribution >= 0.6 is 15.6 Å². The topological polar surface area (TPSA) is 237 Å². The van der Waals surface area contributed by atoms with Crippen LogP contribution in [0.4, 0.5) is 0 Å². The predicted molar refractivity (Wildman–Crippen MR) is 257 cm³/mol. The Kier molecular flexibility index (Phi) is 42.8. The maximum absolute atomic E-state index is 12.8. The van der Waals surface area contributed by atoms with E-state index < -0.39 is 97.5 Å². The van der Waals surface area contributed by atoms with Crippen LogP contribution in [0.1, 0.15) is 227 Å². The summed E-state index contributed by atoms with van der Waals surface area (Å²) in [6.07, 6.45) is 23.4. The lowest BCUT2D eigenvalue weighted by Crippen LogP contribution is -2.30. The molecule has 0 saturated heterocycles. The highest BCUT2D eigenvalue weighted by Gasteiger charge is 2.30. The van der Waals surface area contributed by atoms with Gasteiger partial charge in [0.2, 0.25) is 0 Å². The Bertz CT molecular complexity index is 1340. The number of aliphatic hydroxyl groups excluding tert-OH is 1. The zero-order valence-electron chi connectivity index (χ0n) is 41.8. The van der Waals surface area contributed by atoms with Crippen molar-refractivity contribution < 1.29 is 80.2 Å². The van der Waals surface area contributed by atoms with E-state index in [1.54, 1.807) is 0 Å². The van der Waals surface area contributed by atoms with Gasteiger partial charge in [0.05, 0.1) is 26.4 Å². The monoisotopic (exact) mass is 1000 g/mol. The molecule has 0 aromatic carbocycles. The quantitative estimate of drug-likeness (QED) is 0.0222. The van der Waals surface area contributed by atoms with Crippen LogP contribution in [-0.4, -0.2) is 96.7 Å². The van der Waals surface area contributed by atoms with Gasteiger partial charge in [0, 0.05) is 25.7 Å². The third-order valence-electron chi connectivity index (χ3n) is 10.9. The van der Waals surface area contributed by atoms with Crippen LogP contribution in [0.5, 0.6) is 0 Å². The summed E-state index contributed by atoms with van der Waals surface area (Å²) >= 11 is 0. The van der Waals surface area contributed by atoms with Crippen molar-refractivity contribution >= 4 is 39.5 Å². The fourth-order valence-corrected chi connectivity index (χ4v) is 8.38. The maximum atomic E-state index is 12.8. The number of hydrogen-bond acceptors (Lipinski definition) is 15. The molecule has 0 heterocycles. The van der Waals surface area contributed by atoms with Crippen molar-refractivity contribution in [2.24, 2.45) is 0 Å².